The average molecular weight is 389 g/mol. The number of guanidine groups is 1. The summed E-state index contributed by atoms with van der Waals surface area (Å²) in [5.74, 6) is 0.867. The van der Waals surface area contributed by atoms with Crippen LogP contribution in [0.2, 0.25) is 0 Å². The zero-order valence-electron chi connectivity index (χ0n) is 17.5. The first kappa shape index (κ1) is 21.1. The summed E-state index contributed by atoms with van der Waals surface area (Å²) in [4.78, 5) is 6.92. The summed E-state index contributed by atoms with van der Waals surface area (Å²) in [5, 5.41) is 6.93. The van der Waals surface area contributed by atoms with Crippen molar-refractivity contribution in [2.75, 3.05) is 39.9 Å². The van der Waals surface area contributed by atoms with Gasteiger partial charge in [-0.25, -0.2) is 0 Å². The molecule has 28 heavy (non-hydrogen) atoms. The molecule has 0 amide bonds. The van der Waals surface area contributed by atoms with E-state index in [-0.39, 0.29) is 0 Å². The summed E-state index contributed by atoms with van der Waals surface area (Å²) in [6, 6.07) is 9.22. The van der Waals surface area contributed by atoms with Gasteiger partial charge in [0.2, 0.25) is 0 Å². The first-order valence-corrected chi connectivity index (χ1v) is 10.7. The van der Waals surface area contributed by atoms with Gasteiger partial charge in [-0.05, 0) is 49.9 Å². The van der Waals surface area contributed by atoms with E-state index in [0.29, 0.717) is 18.8 Å². The quantitative estimate of drug-likeness (QED) is 0.529. The fourth-order valence-corrected chi connectivity index (χ4v) is 4.05. The first-order valence-electron chi connectivity index (χ1n) is 10.7. The molecular weight excluding hydrogens is 352 g/mol. The zero-order chi connectivity index (χ0) is 19.6. The molecule has 2 saturated heterocycles. The molecule has 6 heteroatoms. The van der Waals surface area contributed by atoms with E-state index in [1.807, 2.05) is 7.05 Å². The van der Waals surface area contributed by atoms with Crippen molar-refractivity contribution in [2.24, 2.45) is 4.99 Å². The Labute approximate surface area is 169 Å². The number of aliphatic imine (C=N–C) groups is 1. The molecule has 2 aliphatic rings. The molecule has 0 spiro atoms. The summed E-state index contributed by atoms with van der Waals surface area (Å²) in [7, 11) is 1.83. The molecule has 3 rings (SSSR count). The van der Waals surface area contributed by atoms with Crippen molar-refractivity contribution in [1.29, 1.82) is 0 Å². The number of nitrogens with one attached hydrogen (secondary N) is 2. The summed E-state index contributed by atoms with van der Waals surface area (Å²) >= 11 is 0. The maximum Gasteiger partial charge on any atom is 0.191 e. The van der Waals surface area contributed by atoms with E-state index >= 15 is 0 Å². The van der Waals surface area contributed by atoms with Crippen LogP contribution in [0.1, 0.15) is 43.7 Å². The molecule has 6 nitrogen and oxygen atoms in total. The van der Waals surface area contributed by atoms with Gasteiger partial charge in [0.1, 0.15) is 0 Å². The summed E-state index contributed by atoms with van der Waals surface area (Å²) in [6.45, 7) is 8.59. The summed E-state index contributed by atoms with van der Waals surface area (Å²) < 4.78 is 11.4. The van der Waals surface area contributed by atoms with Gasteiger partial charge < -0.3 is 20.1 Å². The standard InChI is InChI=1S/C22H36N4O2/c1-3-26-11-5-8-20(26)16-25-22(23-2)24-15-18-6-4-7-19(14-18)17-28-21-9-12-27-13-10-21/h4,6-7,14,20-21H,3,5,8-13,15-17H2,1-2H3,(H2,23,24,25). The molecule has 1 atom stereocenters. The second-order valence-corrected chi connectivity index (χ2v) is 7.67. The highest BCUT2D eigenvalue weighted by Crippen LogP contribution is 2.16. The van der Waals surface area contributed by atoms with Crippen LogP contribution in [0, 0.1) is 0 Å². The molecule has 0 saturated carbocycles. The van der Waals surface area contributed by atoms with Crippen molar-refractivity contribution < 1.29 is 9.47 Å². The minimum atomic E-state index is 0.330. The fraction of sp³-hybridized carbons (Fsp3) is 0.682. The van der Waals surface area contributed by atoms with Gasteiger partial charge in [0.25, 0.3) is 0 Å². The lowest BCUT2D eigenvalue weighted by molar-refractivity contribution is -0.0390. The largest absolute Gasteiger partial charge is 0.381 e. The molecule has 0 radical (unpaired) electrons. The molecule has 1 unspecified atom stereocenters. The number of hydrogen-bond acceptors (Lipinski definition) is 4. The van der Waals surface area contributed by atoms with Gasteiger partial charge in [-0.2, -0.15) is 0 Å². The van der Waals surface area contributed by atoms with Gasteiger partial charge >= 0.3 is 0 Å². The van der Waals surface area contributed by atoms with Crippen molar-refractivity contribution in [3.8, 4) is 0 Å². The molecule has 0 bridgehead atoms. The van der Waals surface area contributed by atoms with Crippen LogP contribution < -0.4 is 10.6 Å². The van der Waals surface area contributed by atoms with E-state index in [2.05, 4.69) is 51.7 Å². The lowest BCUT2D eigenvalue weighted by Crippen LogP contribution is -2.44. The third-order valence-corrected chi connectivity index (χ3v) is 5.74. The fourth-order valence-electron chi connectivity index (χ4n) is 4.05. The molecule has 2 fully saturated rings. The number of nitrogens with zero attached hydrogens (tertiary/aromatic N) is 2. The Balaban J connectivity index is 1.42. The molecule has 0 aliphatic carbocycles. The number of likely N-dealkylation sites (N-methyl/N-ethyl adjacent to an activating group) is 1. The van der Waals surface area contributed by atoms with Crippen LogP contribution in [0.25, 0.3) is 0 Å². The molecule has 0 aromatic heterocycles. The van der Waals surface area contributed by atoms with E-state index in [4.69, 9.17) is 9.47 Å². The van der Waals surface area contributed by atoms with E-state index < -0.39 is 0 Å². The molecular formula is C22H36N4O2. The van der Waals surface area contributed by atoms with Crippen molar-refractivity contribution >= 4 is 5.96 Å². The lowest BCUT2D eigenvalue weighted by atomic mass is 10.1. The van der Waals surface area contributed by atoms with Crippen LogP contribution in [-0.4, -0.2) is 62.9 Å². The van der Waals surface area contributed by atoms with Gasteiger partial charge in [-0.3, -0.25) is 9.89 Å². The molecule has 156 valence electrons. The van der Waals surface area contributed by atoms with Crippen molar-refractivity contribution in [3.05, 3.63) is 35.4 Å². The number of likely N-dealkylation sites (tertiary alicyclic amines) is 1. The Morgan fingerprint density at radius 1 is 1.21 bits per heavy atom. The number of ether oxygens (including phenoxy) is 2. The average Bonchev–Trinajstić information content (AvgIpc) is 3.21. The monoisotopic (exact) mass is 388 g/mol. The molecule has 2 N–H and O–H groups in total. The van der Waals surface area contributed by atoms with Gasteiger partial charge in [0.05, 0.1) is 12.7 Å². The maximum atomic E-state index is 6.05. The predicted molar refractivity (Wildman–Crippen MR) is 114 cm³/mol. The van der Waals surface area contributed by atoms with E-state index in [1.165, 1.54) is 30.5 Å². The smallest absolute Gasteiger partial charge is 0.191 e. The Morgan fingerprint density at radius 2 is 2.04 bits per heavy atom. The topological polar surface area (TPSA) is 58.1 Å². The minimum Gasteiger partial charge on any atom is -0.381 e. The van der Waals surface area contributed by atoms with Crippen LogP contribution in [0.5, 0.6) is 0 Å². The molecule has 1 aromatic rings. The number of hydrogen-bond donors (Lipinski definition) is 2. The van der Waals surface area contributed by atoms with Gasteiger partial charge in [-0.15, -0.1) is 0 Å². The lowest BCUT2D eigenvalue weighted by Gasteiger charge is -2.24. The molecule has 2 heterocycles. The number of rotatable bonds is 8. The number of benzene rings is 1. The minimum absolute atomic E-state index is 0.330. The third-order valence-electron chi connectivity index (χ3n) is 5.74. The van der Waals surface area contributed by atoms with Gasteiger partial charge in [-0.1, -0.05) is 31.2 Å². The second kappa shape index (κ2) is 11.4. The Kier molecular flexibility index (Phi) is 8.58. The second-order valence-electron chi connectivity index (χ2n) is 7.67. The Bertz CT molecular complexity index is 616. The van der Waals surface area contributed by atoms with Crippen LogP contribution in [0.3, 0.4) is 0 Å². The zero-order valence-corrected chi connectivity index (χ0v) is 17.5. The Hall–Kier alpha value is -1.63. The van der Waals surface area contributed by atoms with Gasteiger partial charge in [0, 0.05) is 39.4 Å². The summed E-state index contributed by atoms with van der Waals surface area (Å²) in [5.41, 5.74) is 2.46. The summed E-state index contributed by atoms with van der Waals surface area (Å²) in [6.07, 6.45) is 4.90. The van der Waals surface area contributed by atoms with Crippen molar-refractivity contribution in [3.63, 3.8) is 0 Å². The highest BCUT2D eigenvalue weighted by Gasteiger charge is 2.22. The SMILES string of the molecule is CCN1CCCC1CNC(=NC)NCc1cccc(COC2CCOCC2)c1. The van der Waals surface area contributed by atoms with Crippen molar-refractivity contribution in [2.45, 2.75) is 57.9 Å². The first-order chi connectivity index (χ1) is 13.8. The highest BCUT2D eigenvalue weighted by atomic mass is 16.5. The van der Waals surface area contributed by atoms with Crippen LogP contribution in [0.15, 0.2) is 29.3 Å². The van der Waals surface area contributed by atoms with Crippen LogP contribution >= 0.6 is 0 Å². The molecule has 2 aliphatic heterocycles. The van der Waals surface area contributed by atoms with Gasteiger partial charge in [0.15, 0.2) is 5.96 Å². The highest BCUT2D eigenvalue weighted by molar-refractivity contribution is 5.79. The molecule has 1 aromatic carbocycles. The van der Waals surface area contributed by atoms with Crippen LogP contribution in [0.4, 0.5) is 0 Å². The normalized spacial score (nSPS) is 21.8. The Morgan fingerprint density at radius 3 is 2.82 bits per heavy atom. The van der Waals surface area contributed by atoms with Crippen LogP contribution in [-0.2, 0) is 22.6 Å². The predicted octanol–water partition coefficient (Wildman–Crippen LogP) is 2.53. The van der Waals surface area contributed by atoms with E-state index in [0.717, 1.165) is 51.6 Å². The van der Waals surface area contributed by atoms with E-state index in [1.54, 1.807) is 0 Å². The maximum absolute atomic E-state index is 6.05. The van der Waals surface area contributed by atoms with E-state index in [9.17, 15) is 0 Å². The third kappa shape index (κ3) is 6.47. The van der Waals surface area contributed by atoms with Crippen molar-refractivity contribution in [1.82, 2.24) is 15.5 Å².